The lowest BCUT2D eigenvalue weighted by molar-refractivity contribution is -0.137. The van der Waals surface area contributed by atoms with Crippen LogP contribution in [0.1, 0.15) is 31.4 Å². The van der Waals surface area contributed by atoms with Gasteiger partial charge in [-0.05, 0) is 47.7 Å². The van der Waals surface area contributed by atoms with E-state index in [1.54, 1.807) is 12.3 Å². The summed E-state index contributed by atoms with van der Waals surface area (Å²) in [6, 6.07) is 10.3. The summed E-state index contributed by atoms with van der Waals surface area (Å²) in [6.07, 6.45) is -1.73. The van der Waals surface area contributed by atoms with Gasteiger partial charge in [0, 0.05) is 23.0 Å². The second kappa shape index (κ2) is 6.83. The number of fused-ring (bicyclic) bond motifs is 1. The molecule has 2 N–H and O–H groups in total. The minimum atomic E-state index is -4.35. The first-order valence-electron chi connectivity index (χ1n) is 9.34. The van der Waals surface area contributed by atoms with Gasteiger partial charge >= 0.3 is 6.18 Å². The third-order valence-electron chi connectivity index (χ3n) is 5.43. The summed E-state index contributed by atoms with van der Waals surface area (Å²) >= 11 is 0. The Kier molecular flexibility index (Phi) is 4.56. The molecule has 0 radical (unpaired) electrons. The van der Waals surface area contributed by atoms with E-state index in [0.29, 0.717) is 17.0 Å². The van der Waals surface area contributed by atoms with Gasteiger partial charge in [0.2, 0.25) is 5.91 Å². The fourth-order valence-electron chi connectivity index (χ4n) is 3.38. The number of carbonyl (C=O) groups is 1. The molecule has 1 unspecified atom stereocenters. The number of H-pyrrole nitrogens is 1. The number of hydrogen-bond acceptors (Lipinski definition) is 2. The maximum absolute atomic E-state index is 12.6. The lowest BCUT2D eigenvalue weighted by atomic mass is 10.1. The first-order valence-corrected chi connectivity index (χ1v) is 9.34. The van der Waals surface area contributed by atoms with E-state index < -0.39 is 11.7 Å². The van der Waals surface area contributed by atoms with Gasteiger partial charge in [0.25, 0.3) is 0 Å². The molecule has 3 aromatic rings. The molecule has 7 heteroatoms. The van der Waals surface area contributed by atoms with Gasteiger partial charge in [-0.1, -0.05) is 26.0 Å². The Morgan fingerprint density at radius 2 is 1.90 bits per heavy atom. The highest BCUT2D eigenvalue weighted by Crippen LogP contribution is 2.52. The highest BCUT2D eigenvalue weighted by molar-refractivity contribution is 6.03. The van der Waals surface area contributed by atoms with Crippen LogP contribution in [-0.2, 0) is 17.6 Å². The average molecular weight is 402 g/mol. The Morgan fingerprint density at radius 1 is 1.21 bits per heavy atom. The molecule has 1 amide bonds. The fourth-order valence-corrected chi connectivity index (χ4v) is 3.38. The zero-order valence-corrected chi connectivity index (χ0v) is 16.1. The molecule has 0 saturated heterocycles. The number of aromatic nitrogens is 1. The van der Waals surface area contributed by atoms with E-state index in [1.165, 1.54) is 12.1 Å². The second-order valence-corrected chi connectivity index (χ2v) is 8.13. The first kappa shape index (κ1) is 19.4. The number of hydrogen-bond donors (Lipinski definition) is 2. The number of amides is 1. The van der Waals surface area contributed by atoms with Crippen molar-refractivity contribution < 1.29 is 22.7 Å². The normalized spacial score (nSPS) is 17.9. The molecule has 1 heterocycles. The third kappa shape index (κ3) is 4.09. The average Bonchev–Trinajstić information content (AvgIpc) is 3.14. The molecular formula is C22H21F3N2O2. The van der Waals surface area contributed by atoms with Gasteiger partial charge < -0.3 is 15.0 Å². The molecule has 152 valence electrons. The lowest BCUT2D eigenvalue weighted by Gasteiger charge is -2.10. The summed E-state index contributed by atoms with van der Waals surface area (Å²) in [5, 5.41) is 3.79. The van der Waals surface area contributed by atoms with Crippen LogP contribution in [0.3, 0.4) is 0 Å². The number of aromatic amines is 1. The molecule has 1 aliphatic rings. The SMILES string of the molecule is CC1(C)CC1C(=O)Nc1c[nH]c2ccc(OCc3ccc(C(F)(F)F)cc3)cc12. The topological polar surface area (TPSA) is 54.1 Å². The first-order chi connectivity index (χ1) is 13.6. The quantitative estimate of drug-likeness (QED) is 0.571. The lowest BCUT2D eigenvalue weighted by Crippen LogP contribution is -2.16. The van der Waals surface area contributed by atoms with Gasteiger partial charge in [0.15, 0.2) is 0 Å². The van der Waals surface area contributed by atoms with Gasteiger partial charge in [-0.3, -0.25) is 4.79 Å². The molecule has 1 saturated carbocycles. The summed E-state index contributed by atoms with van der Waals surface area (Å²) in [5.74, 6) is 0.595. The Bertz CT molecular complexity index is 1050. The van der Waals surface area contributed by atoms with Gasteiger partial charge in [-0.25, -0.2) is 0 Å². The molecule has 1 atom stereocenters. The van der Waals surface area contributed by atoms with E-state index in [1.807, 2.05) is 12.1 Å². The largest absolute Gasteiger partial charge is 0.489 e. The molecule has 4 rings (SSSR count). The maximum atomic E-state index is 12.6. The molecule has 2 aromatic carbocycles. The molecule has 0 spiro atoms. The maximum Gasteiger partial charge on any atom is 0.416 e. The van der Waals surface area contributed by atoms with Gasteiger partial charge in [-0.15, -0.1) is 0 Å². The highest BCUT2D eigenvalue weighted by atomic mass is 19.4. The van der Waals surface area contributed by atoms with Gasteiger partial charge in [0.1, 0.15) is 12.4 Å². The van der Waals surface area contributed by atoms with Crippen LogP contribution in [0.4, 0.5) is 18.9 Å². The standard InChI is InChI=1S/C22H21F3N2O2/c1-21(2)10-17(21)20(28)27-19-11-26-18-8-7-15(9-16(18)19)29-12-13-3-5-14(6-4-13)22(23,24)25/h3-9,11,17,26H,10,12H2,1-2H3,(H,27,28). The van der Waals surface area contributed by atoms with Crippen molar-refractivity contribution in [2.75, 3.05) is 5.32 Å². The van der Waals surface area contributed by atoms with Crippen molar-refractivity contribution in [1.29, 1.82) is 0 Å². The number of anilines is 1. The summed E-state index contributed by atoms with van der Waals surface area (Å²) < 4.78 is 43.7. The molecule has 1 aromatic heterocycles. The number of ether oxygens (including phenoxy) is 1. The number of carbonyl (C=O) groups excluding carboxylic acids is 1. The number of halogens is 3. The van der Waals surface area contributed by atoms with Crippen molar-refractivity contribution in [3.8, 4) is 5.75 Å². The highest BCUT2D eigenvalue weighted by Gasteiger charge is 2.50. The Labute approximate surface area is 166 Å². The molecule has 1 aliphatic carbocycles. The van der Waals surface area contributed by atoms with E-state index in [9.17, 15) is 18.0 Å². The fraction of sp³-hybridized carbons (Fsp3) is 0.318. The van der Waals surface area contributed by atoms with Crippen LogP contribution in [0.2, 0.25) is 0 Å². The number of rotatable bonds is 5. The predicted molar refractivity (Wildman–Crippen MR) is 105 cm³/mol. The van der Waals surface area contributed by atoms with Crippen molar-refractivity contribution in [2.24, 2.45) is 11.3 Å². The monoisotopic (exact) mass is 402 g/mol. The molecule has 29 heavy (non-hydrogen) atoms. The van der Waals surface area contributed by atoms with E-state index in [2.05, 4.69) is 24.1 Å². The van der Waals surface area contributed by atoms with E-state index >= 15 is 0 Å². The predicted octanol–water partition coefficient (Wildman–Crippen LogP) is 5.75. The number of nitrogens with one attached hydrogen (secondary N) is 2. The summed E-state index contributed by atoms with van der Waals surface area (Å²) in [4.78, 5) is 15.5. The van der Waals surface area contributed by atoms with Gasteiger partial charge in [0.05, 0.1) is 11.3 Å². The van der Waals surface area contributed by atoms with Crippen molar-refractivity contribution in [2.45, 2.75) is 33.1 Å². The van der Waals surface area contributed by atoms with E-state index in [0.717, 1.165) is 29.5 Å². The molecule has 4 nitrogen and oxygen atoms in total. The minimum Gasteiger partial charge on any atom is -0.489 e. The Hall–Kier alpha value is -2.96. The zero-order valence-electron chi connectivity index (χ0n) is 16.1. The van der Waals surface area contributed by atoms with Crippen LogP contribution in [-0.4, -0.2) is 10.9 Å². The van der Waals surface area contributed by atoms with Crippen LogP contribution in [0.25, 0.3) is 10.9 Å². The minimum absolute atomic E-state index is 0.00646. The summed E-state index contributed by atoms with van der Waals surface area (Å²) in [7, 11) is 0. The van der Waals surface area contributed by atoms with Crippen molar-refractivity contribution in [3.05, 3.63) is 59.8 Å². The van der Waals surface area contributed by atoms with Crippen LogP contribution < -0.4 is 10.1 Å². The summed E-state index contributed by atoms with van der Waals surface area (Å²) in [6.45, 7) is 4.28. The molecular weight excluding hydrogens is 381 g/mol. The van der Waals surface area contributed by atoms with E-state index in [4.69, 9.17) is 4.74 Å². The molecule has 1 fully saturated rings. The molecule has 0 aliphatic heterocycles. The number of benzene rings is 2. The van der Waals surface area contributed by atoms with Crippen LogP contribution >= 0.6 is 0 Å². The van der Waals surface area contributed by atoms with Crippen LogP contribution in [0.15, 0.2) is 48.7 Å². The van der Waals surface area contributed by atoms with Crippen molar-refractivity contribution >= 4 is 22.5 Å². The smallest absolute Gasteiger partial charge is 0.416 e. The van der Waals surface area contributed by atoms with Gasteiger partial charge in [-0.2, -0.15) is 13.2 Å². The third-order valence-corrected chi connectivity index (χ3v) is 5.43. The second-order valence-electron chi connectivity index (χ2n) is 8.13. The Morgan fingerprint density at radius 3 is 2.52 bits per heavy atom. The molecule has 0 bridgehead atoms. The van der Waals surface area contributed by atoms with Crippen LogP contribution in [0, 0.1) is 11.3 Å². The summed E-state index contributed by atoms with van der Waals surface area (Å²) in [5.41, 5.74) is 1.54. The Balaban J connectivity index is 1.45. The van der Waals surface area contributed by atoms with Crippen LogP contribution in [0.5, 0.6) is 5.75 Å². The zero-order chi connectivity index (χ0) is 20.8. The van der Waals surface area contributed by atoms with E-state index in [-0.39, 0.29) is 23.8 Å². The number of alkyl halides is 3. The van der Waals surface area contributed by atoms with Crippen molar-refractivity contribution in [3.63, 3.8) is 0 Å². The van der Waals surface area contributed by atoms with Crippen molar-refractivity contribution in [1.82, 2.24) is 4.98 Å².